The van der Waals surface area contributed by atoms with Crippen molar-refractivity contribution in [3.8, 4) is 11.5 Å². The molecule has 0 aliphatic carbocycles. The number of hydrogen-bond donors (Lipinski definition) is 2. The molecule has 0 spiro atoms. The maximum atomic E-state index is 13.6. The van der Waals surface area contributed by atoms with Crippen LogP contribution in [0.15, 0.2) is 42.5 Å². The van der Waals surface area contributed by atoms with Gasteiger partial charge in [0.1, 0.15) is 5.82 Å². The van der Waals surface area contributed by atoms with Gasteiger partial charge in [-0.1, -0.05) is 12.1 Å². The number of rotatable bonds is 7. The van der Waals surface area contributed by atoms with Crippen molar-refractivity contribution in [2.24, 2.45) is 0 Å². The highest BCUT2D eigenvalue weighted by molar-refractivity contribution is 6.02. The molecule has 2 amide bonds. The molecule has 0 aliphatic rings. The van der Waals surface area contributed by atoms with Gasteiger partial charge in [0.25, 0.3) is 0 Å². The fourth-order valence-electron chi connectivity index (χ4n) is 2.28. The lowest BCUT2D eigenvalue weighted by molar-refractivity contribution is -0.114. The van der Waals surface area contributed by atoms with Crippen molar-refractivity contribution in [3.63, 3.8) is 0 Å². The first-order valence-corrected chi connectivity index (χ1v) is 7.98. The number of para-hydroxylation sites is 1. The van der Waals surface area contributed by atoms with Crippen LogP contribution in [0.1, 0.15) is 12.5 Å². The number of benzene rings is 2. The Morgan fingerprint density at radius 1 is 1.14 bits per heavy atom. The molecule has 0 unspecified atom stereocenters. The molecule has 2 aromatic carbocycles. The van der Waals surface area contributed by atoms with Gasteiger partial charge in [-0.25, -0.2) is 4.39 Å². The van der Waals surface area contributed by atoms with Gasteiger partial charge in [0, 0.05) is 24.3 Å². The maximum Gasteiger partial charge on any atom is 0.387 e. The van der Waals surface area contributed by atoms with Crippen LogP contribution in [0, 0.1) is 5.82 Å². The van der Waals surface area contributed by atoms with Gasteiger partial charge in [0.15, 0.2) is 11.5 Å². The highest BCUT2D eigenvalue weighted by Gasteiger charge is 2.14. The van der Waals surface area contributed by atoms with Crippen LogP contribution in [0.4, 0.5) is 24.5 Å². The fourth-order valence-corrected chi connectivity index (χ4v) is 2.28. The van der Waals surface area contributed by atoms with Crippen molar-refractivity contribution in [1.29, 1.82) is 0 Å². The van der Waals surface area contributed by atoms with Crippen molar-refractivity contribution >= 4 is 29.3 Å². The zero-order valence-corrected chi connectivity index (χ0v) is 15.0. The summed E-state index contributed by atoms with van der Waals surface area (Å²) in [6.07, 6.45) is 2.36. The summed E-state index contributed by atoms with van der Waals surface area (Å²) in [7, 11) is 1.30. The number of hydrogen-bond acceptors (Lipinski definition) is 4. The van der Waals surface area contributed by atoms with Gasteiger partial charge in [0.05, 0.1) is 12.8 Å². The van der Waals surface area contributed by atoms with Gasteiger partial charge in [0.2, 0.25) is 11.8 Å². The van der Waals surface area contributed by atoms with Crippen LogP contribution in [0.5, 0.6) is 11.5 Å². The van der Waals surface area contributed by atoms with E-state index in [0.29, 0.717) is 0 Å². The summed E-state index contributed by atoms with van der Waals surface area (Å²) in [6, 6.07) is 8.10. The zero-order valence-electron chi connectivity index (χ0n) is 15.0. The van der Waals surface area contributed by atoms with Crippen LogP contribution in [-0.2, 0) is 9.59 Å². The van der Waals surface area contributed by atoms with Gasteiger partial charge in [-0.05, 0) is 30.3 Å². The number of amides is 2. The molecule has 0 saturated carbocycles. The maximum absolute atomic E-state index is 13.6. The average molecular weight is 394 g/mol. The van der Waals surface area contributed by atoms with E-state index in [4.69, 9.17) is 4.74 Å². The van der Waals surface area contributed by atoms with Crippen molar-refractivity contribution in [1.82, 2.24) is 0 Å². The molecule has 9 heteroatoms. The third-order valence-electron chi connectivity index (χ3n) is 3.40. The van der Waals surface area contributed by atoms with Crippen LogP contribution in [0.25, 0.3) is 6.08 Å². The Morgan fingerprint density at radius 3 is 2.54 bits per heavy atom. The summed E-state index contributed by atoms with van der Waals surface area (Å²) < 4.78 is 48.3. The van der Waals surface area contributed by atoms with Crippen molar-refractivity contribution < 1.29 is 32.2 Å². The number of methoxy groups -OCH3 is 1. The normalized spacial score (nSPS) is 10.8. The summed E-state index contributed by atoms with van der Waals surface area (Å²) >= 11 is 0. The lowest BCUT2D eigenvalue weighted by atomic mass is 10.1. The molecule has 0 bridgehead atoms. The van der Waals surface area contributed by atoms with Crippen LogP contribution in [0.3, 0.4) is 0 Å². The predicted molar refractivity (Wildman–Crippen MR) is 98.0 cm³/mol. The quantitative estimate of drug-likeness (QED) is 0.695. The zero-order chi connectivity index (χ0) is 20.7. The Labute approximate surface area is 158 Å². The van der Waals surface area contributed by atoms with E-state index in [2.05, 4.69) is 15.4 Å². The van der Waals surface area contributed by atoms with Crippen molar-refractivity contribution in [2.75, 3.05) is 17.7 Å². The Kier molecular flexibility index (Phi) is 7.02. The highest BCUT2D eigenvalue weighted by Crippen LogP contribution is 2.33. The molecule has 0 aliphatic heterocycles. The second-order valence-electron chi connectivity index (χ2n) is 5.46. The molecule has 0 aromatic heterocycles. The molecule has 0 fully saturated rings. The highest BCUT2D eigenvalue weighted by atomic mass is 19.3. The van der Waals surface area contributed by atoms with E-state index >= 15 is 0 Å². The third kappa shape index (κ3) is 5.76. The summed E-state index contributed by atoms with van der Waals surface area (Å²) in [5, 5.41) is 4.78. The predicted octanol–water partition coefficient (Wildman–Crippen LogP) is 4.05. The molecule has 0 radical (unpaired) electrons. The smallest absolute Gasteiger partial charge is 0.387 e. The summed E-state index contributed by atoms with van der Waals surface area (Å²) in [6.45, 7) is -1.84. The molecule has 28 heavy (non-hydrogen) atoms. The monoisotopic (exact) mass is 394 g/mol. The minimum absolute atomic E-state index is 0.0846. The van der Waals surface area contributed by atoms with E-state index in [1.807, 2.05) is 0 Å². The first-order valence-electron chi connectivity index (χ1n) is 7.98. The van der Waals surface area contributed by atoms with Crippen molar-refractivity contribution in [3.05, 3.63) is 53.9 Å². The molecule has 2 aromatic rings. The molecule has 148 valence electrons. The first kappa shape index (κ1) is 20.8. The number of carbonyl (C=O) groups excluding carboxylic acids is 2. The Bertz CT molecular complexity index is 901. The average Bonchev–Trinajstić information content (AvgIpc) is 2.62. The van der Waals surface area contributed by atoms with Crippen LogP contribution >= 0.6 is 0 Å². The van der Waals surface area contributed by atoms with Gasteiger partial charge in [-0.3, -0.25) is 9.59 Å². The molecule has 0 atom stereocenters. The molecule has 0 heterocycles. The molecule has 2 rings (SSSR count). The Morgan fingerprint density at radius 2 is 1.89 bits per heavy atom. The molecule has 0 saturated heterocycles. The van der Waals surface area contributed by atoms with Gasteiger partial charge in [-0.2, -0.15) is 8.78 Å². The molecule has 2 N–H and O–H groups in total. The standard InChI is InChI=1S/C19H17F3N2O4/c1-11(25)23-15-10-13(7-8-14(15)20)24-17(26)9-6-12-4-3-5-16(27-2)18(12)28-19(21)22/h3-10,19H,1-2H3,(H,23,25)(H,24,26)/b9-6+. The van der Waals surface area contributed by atoms with Crippen LogP contribution in [-0.4, -0.2) is 25.5 Å². The second-order valence-corrected chi connectivity index (χ2v) is 5.46. The topological polar surface area (TPSA) is 76.7 Å². The number of ether oxygens (including phenoxy) is 2. The largest absolute Gasteiger partial charge is 0.493 e. The van der Waals surface area contributed by atoms with Gasteiger partial charge in [-0.15, -0.1) is 0 Å². The fraction of sp³-hybridized carbons (Fsp3) is 0.158. The third-order valence-corrected chi connectivity index (χ3v) is 3.40. The minimum Gasteiger partial charge on any atom is -0.493 e. The Balaban J connectivity index is 2.17. The van der Waals surface area contributed by atoms with E-state index in [0.717, 1.165) is 12.1 Å². The van der Waals surface area contributed by atoms with Gasteiger partial charge >= 0.3 is 6.61 Å². The van der Waals surface area contributed by atoms with E-state index < -0.39 is 24.2 Å². The number of halogens is 3. The van der Waals surface area contributed by atoms with E-state index in [9.17, 15) is 22.8 Å². The van der Waals surface area contributed by atoms with Crippen molar-refractivity contribution in [2.45, 2.75) is 13.5 Å². The first-order chi connectivity index (χ1) is 13.3. The van der Waals surface area contributed by atoms with E-state index in [-0.39, 0.29) is 28.4 Å². The van der Waals surface area contributed by atoms with Crippen LogP contribution in [0.2, 0.25) is 0 Å². The minimum atomic E-state index is -3.07. The molecular weight excluding hydrogens is 377 g/mol. The summed E-state index contributed by atoms with van der Waals surface area (Å²) in [5.74, 6) is -1.85. The number of alkyl halides is 2. The Hall–Kier alpha value is -3.49. The number of anilines is 2. The number of nitrogens with one attached hydrogen (secondary N) is 2. The lowest BCUT2D eigenvalue weighted by Crippen LogP contribution is -2.11. The van der Waals surface area contributed by atoms with Gasteiger partial charge < -0.3 is 20.1 Å². The van der Waals surface area contributed by atoms with E-state index in [1.54, 1.807) is 6.07 Å². The SMILES string of the molecule is COc1cccc(/C=C/C(=O)Nc2ccc(F)c(NC(C)=O)c2)c1OC(F)F. The lowest BCUT2D eigenvalue weighted by Gasteiger charge is -2.12. The second kappa shape index (κ2) is 9.45. The summed E-state index contributed by atoms with van der Waals surface area (Å²) in [5.41, 5.74) is 0.344. The van der Waals surface area contributed by atoms with E-state index in [1.165, 1.54) is 44.4 Å². The van der Waals surface area contributed by atoms with Crippen LogP contribution < -0.4 is 20.1 Å². The number of carbonyl (C=O) groups is 2. The summed E-state index contributed by atoms with van der Waals surface area (Å²) in [4.78, 5) is 23.2. The molecular formula is C19H17F3N2O4. The molecule has 6 nitrogen and oxygen atoms in total.